The average molecular weight is 310 g/mol. The first-order valence-electron chi connectivity index (χ1n) is 5.88. The fraction of sp³-hybridized carbons (Fsp3) is 0.231. The molecule has 0 aliphatic heterocycles. The van der Waals surface area contributed by atoms with Gasteiger partial charge in [-0.05, 0) is 44.3 Å². The van der Waals surface area contributed by atoms with Crippen LogP contribution in [0.1, 0.15) is 22.9 Å². The molecule has 0 aliphatic carbocycles. The van der Waals surface area contributed by atoms with Crippen LogP contribution in [0.5, 0.6) is 0 Å². The number of nitrogens with zero attached hydrogens (tertiary/aromatic N) is 2. The monoisotopic (exact) mass is 309 g/mol. The van der Waals surface area contributed by atoms with Crippen LogP contribution in [0.3, 0.4) is 0 Å². The summed E-state index contributed by atoms with van der Waals surface area (Å²) in [5.41, 5.74) is 2.01. The number of hydrogen-bond acceptors (Lipinski definition) is 3. The molecular formula is C13H12ClN3S2. The van der Waals surface area contributed by atoms with Gasteiger partial charge in [0, 0.05) is 16.1 Å². The summed E-state index contributed by atoms with van der Waals surface area (Å²) in [6.07, 6.45) is 1.89. The summed E-state index contributed by atoms with van der Waals surface area (Å²) >= 11 is 13.1. The zero-order valence-corrected chi connectivity index (χ0v) is 12.9. The number of rotatable bonds is 2. The lowest BCUT2D eigenvalue weighted by Crippen LogP contribution is -2.06. The molecule has 0 spiro atoms. The normalized spacial score (nSPS) is 13.0. The second-order valence-electron chi connectivity index (χ2n) is 4.45. The van der Waals surface area contributed by atoms with Crippen molar-refractivity contribution >= 4 is 46.2 Å². The van der Waals surface area contributed by atoms with E-state index in [4.69, 9.17) is 23.8 Å². The number of imidazole rings is 1. The van der Waals surface area contributed by atoms with Crippen molar-refractivity contribution in [1.29, 1.82) is 0 Å². The molecule has 0 saturated carbocycles. The maximum atomic E-state index is 6.01. The van der Waals surface area contributed by atoms with E-state index in [0.717, 1.165) is 16.0 Å². The highest BCUT2D eigenvalue weighted by Crippen LogP contribution is 2.28. The number of aromatic nitrogens is 3. The van der Waals surface area contributed by atoms with Crippen molar-refractivity contribution < 1.29 is 0 Å². The van der Waals surface area contributed by atoms with E-state index in [1.54, 1.807) is 11.3 Å². The number of benzene rings is 1. The Kier molecular flexibility index (Phi) is 3.20. The van der Waals surface area contributed by atoms with Gasteiger partial charge >= 0.3 is 0 Å². The quantitative estimate of drug-likeness (QED) is 0.694. The number of halogens is 1. The number of hydrogen-bond donors (Lipinski definition) is 1. The van der Waals surface area contributed by atoms with Gasteiger partial charge in [0.15, 0.2) is 4.77 Å². The van der Waals surface area contributed by atoms with Crippen molar-refractivity contribution in [3.8, 4) is 0 Å². The molecule has 6 heteroatoms. The number of aryl methyl sites for hydroxylation is 1. The summed E-state index contributed by atoms with van der Waals surface area (Å²) in [6, 6.07) is 5.87. The van der Waals surface area contributed by atoms with Crippen LogP contribution in [-0.2, 0) is 0 Å². The van der Waals surface area contributed by atoms with Crippen molar-refractivity contribution in [3.05, 3.63) is 44.1 Å². The third-order valence-electron chi connectivity index (χ3n) is 3.06. The summed E-state index contributed by atoms with van der Waals surface area (Å²) in [4.78, 5) is 8.85. The lowest BCUT2D eigenvalue weighted by Gasteiger charge is -2.11. The highest BCUT2D eigenvalue weighted by atomic mass is 35.5. The van der Waals surface area contributed by atoms with Gasteiger partial charge in [0.1, 0.15) is 5.01 Å². The maximum Gasteiger partial charge on any atom is 0.178 e. The highest BCUT2D eigenvalue weighted by Gasteiger charge is 2.15. The van der Waals surface area contributed by atoms with Crippen molar-refractivity contribution in [1.82, 2.24) is 14.5 Å². The van der Waals surface area contributed by atoms with Crippen LogP contribution < -0.4 is 0 Å². The third kappa shape index (κ3) is 2.22. The predicted molar refractivity (Wildman–Crippen MR) is 82.8 cm³/mol. The fourth-order valence-corrected chi connectivity index (χ4v) is 3.52. The lowest BCUT2D eigenvalue weighted by molar-refractivity contribution is 0.644. The second-order valence-corrected chi connectivity index (χ2v) is 6.54. The van der Waals surface area contributed by atoms with Gasteiger partial charge < -0.3 is 9.55 Å². The molecule has 0 radical (unpaired) electrons. The average Bonchev–Trinajstić information content (AvgIpc) is 2.91. The number of fused-ring (bicyclic) bond motifs is 1. The van der Waals surface area contributed by atoms with Gasteiger partial charge in [-0.3, -0.25) is 0 Å². The number of thiazole rings is 1. The SMILES string of the molecule is Cc1cnc(C(C)n2c(=S)[nH]c3cc(Cl)ccc32)s1. The number of aromatic amines is 1. The molecular weight excluding hydrogens is 298 g/mol. The van der Waals surface area contributed by atoms with E-state index in [1.807, 2.05) is 24.4 Å². The molecule has 98 valence electrons. The molecule has 0 amide bonds. The summed E-state index contributed by atoms with van der Waals surface area (Å²) in [6.45, 7) is 4.16. The molecule has 0 saturated heterocycles. The molecule has 1 atom stereocenters. The molecule has 1 unspecified atom stereocenters. The third-order valence-corrected chi connectivity index (χ3v) is 4.68. The van der Waals surface area contributed by atoms with Crippen LogP contribution in [0.4, 0.5) is 0 Å². The van der Waals surface area contributed by atoms with Crippen molar-refractivity contribution in [2.45, 2.75) is 19.9 Å². The molecule has 2 aromatic heterocycles. The Hall–Kier alpha value is -1.17. The molecule has 3 nitrogen and oxygen atoms in total. The fourth-order valence-electron chi connectivity index (χ4n) is 2.16. The molecule has 1 aromatic carbocycles. The minimum absolute atomic E-state index is 0.112. The van der Waals surface area contributed by atoms with Gasteiger partial charge in [-0.15, -0.1) is 11.3 Å². The minimum atomic E-state index is 0.112. The molecule has 3 aromatic rings. The van der Waals surface area contributed by atoms with Gasteiger partial charge in [0.2, 0.25) is 0 Å². The topological polar surface area (TPSA) is 33.6 Å². The summed E-state index contributed by atoms with van der Waals surface area (Å²) in [5, 5.41) is 1.76. The standard InChI is InChI=1S/C13H12ClN3S2/c1-7-6-15-12(19-7)8(2)17-11-4-3-9(14)5-10(11)16-13(17)18/h3-6,8H,1-2H3,(H,16,18). The van der Waals surface area contributed by atoms with Crippen molar-refractivity contribution in [2.75, 3.05) is 0 Å². The molecule has 1 N–H and O–H groups in total. The van der Waals surface area contributed by atoms with E-state index in [0.29, 0.717) is 9.79 Å². The van der Waals surface area contributed by atoms with E-state index in [2.05, 4.69) is 28.4 Å². The molecule has 19 heavy (non-hydrogen) atoms. The molecule has 0 aliphatic rings. The summed E-state index contributed by atoms with van der Waals surface area (Å²) in [5.74, 6) is 0. The lowest BCUT2D eigenvalue weighted by atomic mass is 10.3. The number of nitrogens with one attached hydrogen (secondary N) is 1. The Morgan fingerprint density at radius 3 is 2.95 bits per heavy atom. The van der Waals surface area contributed by atoms with E-state index >= 15 is 0 Å². The van der Waals surface area contributed by atoms with Crippen LogP contribution in [-0.4, -0.2) is 14.5 Å². The zero-order valence-electron chi connectivity index (χ0n) is 10.5. The van der Waals surface area contributed by atoms with E-state index in [1.165, 1.54) is 4.88 Å². The Bertz CT molecular complexity index is 800. The van der Waals surface area contributed by atoms with Crippen LogP contribution in [0.2, 0.25) is 5.02 Å². The first-order chi connectivity index (χ1) is 9.06. The molecule has 3 rings (SSSR count). The van der Waals surface area contributed by atoms with Gasteiger partial charge in [-0.2, -0.15) is 0 Å². The first kappa shape index (κ1) is 12.8. The van der Waals surface area contributed by atoms with E-state index in [-0.39, 0.29) is 6.04 Å². The van der Waals surface area contributed by atoms with Crippen LogP contribution in [0.25, 0.3) is 11.0 Å². The van der Waals surface area contributed by atoms with Gasteiger partial charge in [-0.25, -0.2) is 4.98 Å². The van der Waals surface area contributed by atoms with Gasteiger partial charge in [-0.1, -0.05) is 11.6 Å². The van der Waals surface area contributed by atoms with Gasteiger partial charge in [0.25, 0.3) is 0 Å². The molecule has 2 heterocycles. The van der Waals surface area contributed by atoms with Crippen LogP contribution in [0, 0.1) is 11.7 Å². The van der Waals surface area contributed by atoms with E-state index in [9.17, 15) is 0 Å². The Labute approximate surface area is 124 Å². The Balaban J connectivity index is 2.19. The van der Waals surface area contributed by atoms with Crippen LogP contribution in [0.15, 0.2) is 24.4 Å². The largest absolute Gasteiger partial charge is 0.331 e. The van der Waals surface area contributed by atoms with Crippen LogP contribution >= 0.6 is 35.2 Å². The molecule has 0 bridgehead atoms. The smallest absolute Gasteiger partial charge is 0.178 e. The summed E-state index contributed by atoms with van der Waals surface area (Å²) in [7, 11) is 0. The van der Waals surface area contributed by atoms with Crippen molar-refractivity contribution in [2.24, 2.45) is 0 Å². The molecule has 0 fully saturated rings. The Morgan fingerprint density at radius 2 is 2.26 bits per heavy atom. The van der Waals surface area contributed by atoms with E-state index < -0.39 is 0 Å². The van der Waals surface area contributed by atoms with Crippen molar-refractivity contribution in [3.63, 3.8) is 0 Å². The van der Waals surface area contributed by atoms with Gasteiger partial charge in [0.05, 0.1) is 17.1 Å². The Morgan fingerprint density at radius 1 is 1.47 bits per heavy atom. The maximum absolute atomic E-state index is 6.01. The summed E-state index contributed by atoms with van der Waals surface area (Å²) < 4.78 is 2.77. The minimum Gasteiger partial charge on any atom is -0.331 e. The second kappa shape index (κ2) is 4.74. The highest BCUT2D eigenvalue weighted by molar-refractivity contribution is 7.71. The number of H-pyrrole nitrogens is 1. The first-order valence-corrected chi connectivity index (χ1v) is 7.48. The zero-order chi connectivity index (χ0) is 13.6. The predicted octanol–water partition coefficient (Wildman–Crippen LogP) is 4.73.